The first-order valence-corrected chi connectivity index (χ1v) is 4.34. The molecule has 0 fully saturated rings. The Kier molecular flexibility index (Phi) is 3.22. The van der Waals surface area contributed by atoms with Crippen molar-refractivity contribution in [2.75, 3.05) is 13.1 Å². The van der Waals surface area contributed by atoms with Crippen LogP contribution >= 0.6 is 0 Å². The minimum atomic E-state index is 0.0869. The van der Waals surface area contributed by atoms with Gasteiger partial charge in [0.15, 0.2) is 0 Å². The van der Waals surface area contributed by atoms with Crippen molar-refractivity contribution in [2.45, 2.75) is 26.2 Å². The second kappa shape index (κ2) is 4.21. The summed E-state index contributed by atoms with van der Waals surface area (Å²) >= 11 is 0. The van der Waals surface area contributed by atoms with Crippen molar-refractivity contribution >= 4 is 11.6 Å². The van der Waals surface area contributed by atoms with Crippen LogP contribution in [0.5, 0.6) is 0 Å². The topological polar surface area (TPSA) is 58.7 Å². The fourth-order valence-corrected chi connectivity index (χ4v) is 1.12. The zero-order valence-electron chi connectivity index (χ0n) is 7.42. The zero-order valence-corrected chi connectivity index (χ0v) is 7.42. The lowest BCUT2D eigenvalue weighted by Gasteiger charge is -2.09. The van der Waals surface area contributed by atoms with Crippen molar-refractivity contribution in [1.29, 1.82) is 0 Å². The van der Waals surface area contributed by atoms with E-state index in [9.17, 15) is 4.79 Å². The molecule has 0 saturated heterocycles. The van der Waals surface area contributed by atoms with Gasteiger partial charge in [-0.2, -0.15) is 5.10 Å². The van der Waals surface area contributed by atoms with Crippen LogP contribution in [0.15, 0.2) is 5.10 Å². The van der Waals surface area contributed by atoms with E-state index in [4.69, 9.17) is 5.73 Å². The molecule has 4 nitrogen and oxygen atoms in total. The molecule has 1 amide bonds. The Morgan fingerprint density at radius 1 is 1.67 bits per heavy atom. The lowest BCUT2D eigenvalue weighted by atomic mass is 10.3. The SMILES string of the molecule is CCCCN1N=C(CN)CC1=O. The molecule has 0 unspecified atom stereocenters. The molecule has 0 saturated carbocycles. The Bertz CT molecular complexity index is 200. The summed E-state index contributed by atoms with van der Waals surface area (Å²) in [5.74, 6) is 0.0869. The second-order valence-corrected chi connectivity index (χ2v) is 2.92. The largest absolute Gasteiger partial charge is 0.325 e. The molecule has 2 N–H and O–H groups in total. The van der Waals surface area contributed by atoms with Crippen LogP contribution < -0.4 is 5.73 Å². The summed E-state index contributed by atoms with van der Waals surface area (Å²) in [4.78, 5) is 11.2. The fourth-order valence-electron chi connectivity index (χ4n) is 1.12. The lowest BCUT2D eigenvalue weighted by molar-refractivity contribution is -0.128. The Labute approximate surface area is 72.4 Å². The van der Waals surface area contributed by atoms with Crippen LogP contribution in [-0.4, -0.2) is 29.7 Å². The average Bonchev–Trinajstić information content (AvgIpc) is 2.43. The Hall–Kier alpha value is -0.900. The Balaban J connectivity index is 2.43. The number of carbonyl (C=O) groups is 1. The summed E-state index contributed by atoms with van der Waals surface area (Å²) in [7, 11) is 0. The summed E-state index contributed by atoms with van der Waals surface area (Å²) in [5.41, 5.74) is 6.18. The van der Waals surface area contributed by atoms with Crippen molar-refractivity contribution in [3.05, 3.63) is 0 Å². The number of amides is 1. The van der Waals surface area contributed by atoms with E-state index in [0.717, 1.165) is 25.1 Å². The van der Waals surface area contributed by atoms with Crippen LogP contribution in [0.1, 0.15) is 26.2 Å². The van der Waals surface area contributed by atoms with Gasteiger partial charge in [0, 0.05) is 13.1 Å². The molecule has 0 bridgehead atoms. The molecular weight excluding hydrogens is 154 g/mol. The molecule has 0 aliphatic carbocycles. The number of unbranched alkanes of at least 4 members (excludes halogenated alkanes) is 1. The van der Waals surface area contributed by atoms with Gasteiger partial charge in [-0.05, 0) is 6.42 Å². The third-order valence-electron chi connectivity index (χ3n) is 1.86. The van der Waals surface area contributed by atoms with Gasteiger partial charge >= 0.3 is 0 Å². The minimum absolute atomic E-state index is 0.0869. The third kappa shape index (κ3) is 2.04. The summed E-state index contributed by atoms with van der Waals surface area (Å²) in [6.07, 6.45) is 2.50. The molecule has 0 spiro atoms. The number of hydrazone groups is 1. The van der Waals surface area contributed by atoms with Crippen LogP contribution in [0.4, 0.5) is 0 Å². The maximum absolute atomic E-state index is 11.2. The highest BCUT2D eigenvalue weighted by atomic mass is 16.2. The van der Waals surface area contributed by atoms with E-state index in [2.05, 4.69) is 12.0 Å². The Morgan fingerprint density at radius 2 is 2.42 bits per heavy atom. The van der Waals surface area contributed by atoms with Crippen LogP contribution in [0.25, 0.3) is 0 Å². The molecule has 0 aromatic carbocycles. The molecule has 0 aromatic heterocycles. The van der Waals surface area contributed by atoms with Crippen molar-refractivity contribution in [3.8, 4) is 0 Å². The van der Waals surface area contributed by atoms with E-state index < -0.39 is 0 Å². The van der Waals surface area contributed by atoms with Gasteiger partial charge in [0.2, 0.25) is 5.91 Å². The number of rotatable bonds is 4. The highest BCUT2D eigenvalue weighted by Crippen LogP contribution is 2.08. The van der Waals surface area contributed by atoms with Gasteiger partial charge in [-0.1, -0.05) is 13.3 Å². The summed E-state index contributed by atoms with van der Waals surface area (Å²) in [5, 5.41) is 5.63. The smallest absolute Gasteiger partial charge is 0.248 e. The zero-order chi connectivity index (χ0) is 8.97. The van der Waals surface area contributed by atoms with E-state index >= 15 is 0 Å². The van der Waals surface area contributed by atoms with Gasteiger partial charge in [-0.25, -0.2) is 5.01 Å². The molecule has 12 heavy (non-hydrogen) atoms. The van der Waals surface area contributed by atoms with Crippen LogP contribution in [-0.2, 0) is 4.79 Å². The summed E-state index contributed by atoms with van der Waals surface area (Å²) < 4.78 is 0. The summed E-state index contributed by atoms with van der Waals surface area (Å²) in [6.45, 7) is 3.22. The molecular formula is C8H15N3O. The monoisotopic (exact) mass is 169 g/mol. The molecule has 0 radical (unpaired) electrons. The van der Waals surface area contributed by atoms with Crippen LogP contribution in [0.3, 0.4) is 0 Å². The standard InChI is InChI=1S/C8H15N3O/c1-2-3-4-11-8(12)5-7(6-9)10-11/h2-6,9H2,1H3. The molecule has 0 aromatic rings. The van der Waals surface area contributed by atoms with E-state index in [1.54, 1.807) is 0 Å². The molecule has 1 heterocycles. The van der Waals surface area contributed by atoms with Gasteiger partial charge in [-0.3, -0.25) is 4.79 Å². The normalized spacial score (nSPS) is 17.0. The predicted octanol–water partition coefficient (Wildman–Crippen LogP) is 0.334. The number of nitrogens with zero attached hydrogens (tertiary/aromatic N) is 2. The van der Waals surface area contributed by atoms with Crippen molar-refractivity contribution < 1.29 is 4.79 Å². The van der Waals surface area contributed by atoms with E-state index in [1.165, 1.54) is 5.01 Å². The summed E-state index contributed by atoms with van der Waals surface area (Å²) in [6, 6.07) is 0. The van der Waals surface area contributed by atoms with Crippen molar-refractivity contribution in [1.82, 2.24) is 5.01 Å². The molecule has 1 aliphatic rings. The highest BCUT2D eigenvalue weighted by molar-refractivity contribution is 6.05. The molecule has 68 valence electrons. The van der Waals surface area contributed by atoms with Gasteiger partial charge in [0.1, 0.15) is 0 Å². The maximum atomic E-state index is 11.2. The van der Waals surface area contributed by atoms with Gasteiger partial charge in [0.05, 0.1) is 12.1 Å². The number of hydrogen-bond donors (Lipinski definition) is 1. The van der Waals surface area contributed by atoms with E-state index in [0.29, 0.717) is 13.0 Å². The van der Waals surface area contributed by atoms with Gasteiger partial charge < -0.3 is 5.73 Å². The van der Waals surface area contributed by atoms with Crippen LogP contribution in [0, 0.1) is 0 Å². The van der Waals surface area contributed by atoms with E-state index in [1.807, 2.05) is 0 Å². The quantitative estimate of drug-likeness (QED) is 0.659. The molecule has 1 rings (SSSR count). The first-order chi connectivity index (χ1) is 5.77. The van der Waals surface area contributed by atoms with Gasteiger partial charge in [0.25, 0.3) is 0 Å². The van der Waals surface area contributed by atoms with Crippen LogP contribution in [0.2, 0.25) is 0 Å². The van der Waals surface area contributed by atoms with Crippen molar-refractivity contribution in [3.63, 3.8) is 0 Å². The number of carbonyl (C=O) groups excluding carboxylic acids is 1. The number of hydrogen-bond acceptors (Lipinski definition) is 3. The van der Waals surface area contributed by atoms with E-state index in [-0.39, 0.29) is 5.91 Å². The molecule has 1 aliphatic heterocycles. The average molecular weight is 169 g/mol. The third-order valence-corrected chi connectivity index (χ3v) is 1.86. The minimum Gasteiger partial charge on any atom is -0.325 e. The van der Waals surface area contributed by atoms with Crippen molar-refractivity contribution in [2.24, 2.45) is 10.8 Å². The fraction of sp³-hybridized carbons (Fsp3) is 0.750. The first-order valence-electron chi connectivity index (χ1n) is 4.34. The second-order valence-electron chi connectivity index (χ2n) is 2.92. The predicted molar refractivity (Wildman–Crippen MR) is 47.7 cm³/mol. The number of nitrogens with two attached hydrogens (primary N) is 1. The molecule has 0 atom stereocenters. The Morgan fingerprint density at radius 3 is 2.92 bits per heavy atom. The lowest BCUT2D eigenvalue weighted by Crippen LogP contribution is -2.21. The maximum Gasteiger partial charge on any atom is 0.248 e. The highest BCUT2D eigenvalue weighted by Gasteiger charge is 2.21. The molecule has 4 heteroatoms. The first kappa shape index (κ1) is 9.19. The van der Waals surface area contributed by atoms with Gasteiger partial charge in [-0.15, -0.1) is 0 Å².